The summed E-state index contributed by atoms with van der Waals surface area (Å²) in [4.78, 5) is 8.80. The van der Waals surface area contributed by atoms with Crippen molar-refractivity contribution in [1.29, 1.82) is 0 Å². The van der Waals surface area contributed by atoms with Crippen LogP contribution in [0.4, 0.5) is 0 Å². The molecule has 3 aliphatic carbocycles. The minimum atomic E-state index is 0.716. The Morgan fingerprint density at radius 3 is 2.00 bits per heavy atom. The Morgan fingerprint density at radius 2 is 1.62 bits per heavy atom. The van der Waals surface area contributed by atoms with Crippen molar-refractivity contribution >= 4 is 0 Å². The fourth-order valence-electron chi connectivity index (χ4n) is 3.82. The quantitative estimate of drug-likeness (QED) is 0.627. The Kier molecular flexibility index (Phi) is 5.65. The molecule has 24 heavy (non-hydrogen) atoms. The molecule has 1 aromatic heterocycles. The van der Waals surface area contributed by atoms with Gasteiger partial charge < -0.3 is 0 Å². The van der Waals surface area contributed by atoms with Crippen molar-refractivity contribution in [3.05, 3.63) is 58.0 Å². The van der Waals surface area contributed by atoms with Crippen LogP contribution in [0.15, 0.2) is 30.6 Å². The molecule has 0 N–H and O–H groups in total. The van der Waals surface area contributed by atoms with E-state index >= 15 is 0 Å². The number of rotatable bonds is 4. The van der Waals surface area contributed by atoms with E-state index in [1.165, 1.54) is 60.1 Å². The van der Waals surface area contributed by atoms with Gasteiger partial charge in [-0.3, -0.25) is 0 Å². The SMILES string of the molecule is CCc1cc2ccc1=2.CCc1ncc(C2CCC(CC)CC2)cn1. The van der Waals surface area contributed by atoms with Gasteiger partial charge >= 0.3 is 0 Å². The van der Waals surface area contributed by atoms with E-state index in [4.69, 9.17) is 0 Å². The highest BCUT2D eigenvalue weighted by Gasteiger charge is 2.21. The van der Waals surface area contributed by atoms with Crippen LogP contribution in [-0.4, -0.2) is 9.97 Å². The molecule has 1 saturated carbocycles. The number of benzene rings is 1. The van der Waals surface area contributed by atoms with Crippen molar-refractivity contribution in [2.24, 2.45) is 5.92 Å². The number of aryl methyl sites for hydroxylation is 2. The van der Waals surface area contributed by atoms with Gasteiger partial charge in [-0.25, -0.2) is 9.97 Å². The van der Waals surface area contributed by atoms with Crippen LogP contribution in [-0.2, 0) is 12.8 Å². The van der Waals surface area contributed by atoms with Gasteiger partial charge in [-0.2, -0.15) is 0 Å². The van der Waals surface area contributed by atoms with E-state index in [-0.39, 0.29) is 0 Å². The molecule has 0 radical (unpaired) electrons. The highest BCUT2D eigenvalue weighted by molar-refractivity contribution is 5.33. The van der Waals surface area contributed by atoms with Crippen LogP contribution in [0.1, 0.15) is 75.7 Å². The van der Waals surface area contributed by atoms with Gasteiger partial charge in [0.1, 0.15) is 5.82 Å². The summed E-state index contributed by atoms with van der Waals surface area (Å²) in [7, 11) is 0. The third kappa shape index (κ3) is 3.68. The second kappa shape index (κ2) is 7.92. The highest BCUT2D eigenvalue weighted by atomic mass is 14.9. The molecule has 1 heterocycles. The molecule has 0 saturated heterocycles. The van der Waals surface area contributed by atoms with Crippen LogP contribution >= 0.6 is 0 Å². The van der Waals surface area contributed by atoms with E-state index in [2.05, 4.69) is 48.9 Å². The first-order valence-electron chi connectivity index (χ1n) is 9.69. The fourth-order valence-corrected chi connectivity index (χ4v) is 3.82. The highest BCUT2D eigenvalue weighted by Crippen LogP contribution is 2.36. The topological polar surface area (TPSA) is 25.8 Å². The molecule has 4 rings (SSSR count). The van der Waals surface area contributed by atoms with Crippen molar-refractivity contribution in [1.82, 2.24) is 9.97 Å². The maximum absolute atomic E-state index is 4.40. The molecular weight excluding hydrogens is 292 g/mol. The third-order valence-corrected chi connectivity index (χ3v) is 5.73. The van der Waals surface area contributed by atoms with Gasteiger partial charge in [0.15, 0.2) is 0 Å². The second-order valence-electron chi connectivity index (χ2n) is 7.14. The molecule has 2 heteroatoms. The summed E-state index contributed by atoms with van der Waals surface area (Å²) in [6, 6.07) is 6.61. The van der Waals surface area contributed by atoms with Gasteiger partial charge in [0.25, 0.3) is 0 Å². The minimum absolute atomic E-state index is 0.716. The Hall–Kier alpha value is -1.70. The lowest BCUT2D eigenvalue weighted by Gasteiger charge is -2.27. The Balaban J connectivity index is 0.000000175. The van der Waals surface area contributed by atoms with Crippen molar-refractivity contribution in [3.8, 4) is 0 Å². The van der Waals surface area contributed by atoms with Crippen LogP contribution in [0.5, 0.6) is 0 Å². The van der Waals surface area contributed by atoms with Crippen molar-refractivity contribution in [2.45, 2.75) is 71.6 Å². The lowest BCUT2D eigenvalue weighted by atomic mass is 9.78. The zero-order chi connectivity index (χ0) is 16.9. The van der Waals surface area contributed by atoms with E-state index in [0.29, 0.717) is 5.92 Å². The van der Waals surface area contributed by atoms with E-state index in [0.717, 1.165) is 18.2 Å². The number of aromatic nitrogens is 2. The van der Waals surface area contributed by atoms with Gasteiger partial charge in [-0.05, 0) is 65.5 Å². The summed E-state index contributed by atoms with van der Waals surface area (Å²) in [6.45, 7) is 6.60. The molecule has 3 aliphatic rings. The molecule has 2 nitrogen and oxygen atoms in total. The predicted molar refractivity (Wildman–Crippen MR) is 99.9 cm³/mol. The van der Waals surface area contributed by atoms with Crippen LogP contribution in [0, 0.1) is 16.4 Å². The first kappa shape index (κ1) is 17.1. The second-order valence-corrected chi connectivity index (χ2v) is 7.14. The average molecular weight is 322 g/mol. The van der Waals surface area contributed by atoms with Gasteiger partial charge in [-0.15, -0.1) is 0 Å². The molecule has 0 amide bonds. The monoisotopic (exact) mass is 322 g/mol. The standard InChI is InChI=1S/C14H22N2.C8H8/c1-3-11-5-7-12(8-6-11)13-9-15-14(4-2)16-10-13;1-2-6-5-7-3-4-8(6)7/h9-12H,3-8H2,1-2H3;3-5H,2H2,1H3. The van der Waals surface area contributed by atoms with Gasteiger partial charge in [0.2, 0.25) is 0 Å². The van der Waals surface area contributed by atoms with E-state index < -0.39 is 0 Å². The molecule has 1 fully saturated rings. The summed E-state index contributed by atoms with van der Waals surface area (Å²) < 4.78 is 0. The molecule has 0 bridgehead atoms. The lowest BCUT2D eigenvalue weighted by molar-refractivity contribution is 0.318. The van der Waals surface area contributed by atoms with Crippen molar-refractivity contribution in [2.75, 3.05) is 0 Å². The number of nitrogens with zero attached hydrogens (tertiary/aromatic N) is 2. The maximum Gasteiger partial charge on any atom is 0.127 e. The molecule has 0 unspecified atom stereocenters. The zero-order valence-electron chi connectivity index (χ0n) is 15.4. The molecule has 1 aromatic rings. The van der Waals surface area contributed by atoms with Crippen LogP contribution in [0.3, 0.4) is 0 Å². The largest absolute Gasteiger partial charge is 0.241 e. The third-order valence-electron chi connectivity index (χ3n) is 5.73. The van der Waals surface area contributed by atoms with Gasteiger partial charge in [-0.1, -0.05) is 45.4 Å². The summed E-state index contributed by atoms with van der Waals surface area (Å²) >= 11 is 0. The van der Waals surface area contributed by atoms with E-state index in [9.17, 15) is 0 Å². The molecule has 0 atom stereocenters. The van der Waals surface area contributed by atoms with Crippen LogP contribution < -0.4 is 0 Å². The summed E-state index contributed by atoms with van der Waals surface area (Å²) in [5.41, 5.74) is 2.88. The molecule has 0 spiro atoms. The summed E-state index contributed by atoms with van der Waals surface area (Å²) in [6.07, 6.45) is 13.0. The summed E-state index contributed by atoms with van der Waals surface area (Å²) in [5, 5.41) is 2.97. The van der Waals surface area contributed by atoms with Crippen molar-refractivity contribution < 1.29 is 0 Å². The smallest absolute Gasteiger partial charge is 0.127 e. The molecule has 0 aliphatic heterocycles. The average Bonchev–Trinajstić information content (AvgIpc) is 2.64. The first-order valence-corrected chi connectivity index (χ1v) is 9.69. The van der Waals surface area contributed by atoms with E-state index in [1.807, 2.05) is 12.4 Å². The normalized spacial score (nSPS) is 21.0. The Bertz CT molecular complexity index is 741. The van der Waals surface area contributed by atoms with E-state index in [1.54, 1.807) is 0 Å². The lowest BCUT2D eigenvalue weighted by Crippen LogP contribution is -2.13. The van der Waals surface area contributed by atoms with Crippen LogP contribution in [0.25, 0.3) is 0 Å². The Labute approximate surface area is 146 Å². The zero-order valence-corrected chi connectivity index (χ0v) is 15.4. The fraction of sp³-hybridized carbons (Fsp3) is 0.545. The maximum atomic E-state index is 4.40. The minimum Gasteiger partial charge on any atom is -0.241 e. The molecule has 0 aromatic carbocycles. The number of hydrogen-bond acceptors (Lipinski definition) is 2. The summed E-state index contributed by atoms with van der Waals surface area (Å²) in [5.74, 6) is 2.65. The van der Waals surface area contributed by atoms with Crippen molar-refractivity contribution in [3.63, 3.8) is 0 Å². The Morgan fingerprint density at radius 1 is 0.917 bits per heavy atom. The molecule has 128 valence electrons. The van der Waals surface area contributed by atoms with Gasteiger partial charge in [0.05, 0.1) is 0 Å². The van der Waals surface area contributed by atoms with Crippen LogP contribution in [0.2, 0.25) is 0 Å². The molecular formula is C22H30N2. The predicted octanol–water partition coefficient (Wildman–Crippen LogP) is 5.57. The van der Waals surface area contributed by atoms with Gasteiger partial charge in [0, 0.05) is 18.8 Å². The first-order chi connectivity index (χ1) is 11.7. The number of hydrogen-bond donors (Lipinski definition) is 0.